The summed E-state index contributed by atoms with van der Waals surface area (Å²) in [6.45, 7) is 0.839. The smallest absolute Gasteiger partial charge is 0.162 e. The molecule has 1 aliphatic carbocycles. The van der Waals surface area contributed by atoms with Crippen LogP contribution in [0.4, 0.5) is 0 Å². The van der Waals surface area contributed by atoms with E-state index in [0.717, 1.165) is 18.4 Å². The molecular formula is C16H25NO3. The molecule has 0 saturated heterocycles. The van der Waals surface area contributed by atoms with Crippen molar-refractivity contribution < 1.29 is 14.9 Å². The van der Waals surface area contributed by atoms with Gasteiger partial charge in [0.15, 0.2) is 11.5 Å². The molecule has 20 heavy (non-hydrogen) atoms. The zero-order valence-electron chi connectivity index (χ0n) is 12.1. The van der Waals surface area contributed by atoms with Crippen LogP contribution >= 0.6 is 0 Å². The topological polar surface area (TPSA) is 61.7 Å². The zero-order valence-corrected chi connectivity index (χ0v) is 12.1. The van der Waals surface area contributed by atoms with Crippen LogP contribution in [0.15, 0.2) is 18.2 Å². The van der Waals surface area contributed by atoms with E-state index >= 15 is 0 Å². The van der Waals surface area contributed by atoms with Gasteiger partial charge in [-0.25, -0.2) is 0 Å². The fourth-order valence-corrected chi connectivity index (χ4v) is 2.99. The van der Waals surface area contributed by atoms with Gasteiger partial charge < -0.3 is 20.3 Å². The molecule has 1 aliphatic rings. The predicted molar refractivity (Wildman–Crippen MR) is 78.9 cm³/mol. The van der Waals surface area contributed by atoms with E-state index in [-0.39, 0.29) is 12.4 Å². The van der Waals surface area contributed by atoms with Gasteiger partial charge in [0.2, 0.25) is 0 Å². The van der Waals surface area contributed by atoms with Gasteiger partial charge in [0.25, 0.3) is 0 Å². The van der Waals surface area contributed by atoms with Crippen LogP contribution in [0.3, 0.4) is 0 Å². The van der Waals surface area contributed by atoms with E-state index in [1.165, 1.54) is 19.3 Å². The highest BCUT2D eigenvalue weighted by Crippen LogP contribution is 2.30. The molecule has 1 saturated carbocycles. The minimum absolute atomic E-state index is 0.205. The number of methoxy groups -OCH3 is 1. The number of phenolic OH excluding ortho intramolecular Hbond substituents is 1. The maximum Gasteiger partial charge on any atom is 0.162 e. The predicted octanol–water partition coefficient (Wildman–Crippen LogP) is 2.43. The summed E-state index contributed by atoms with van der Waals surface area (Å²) < 4.78 is 5.12. The van der Waals surface area contributed by atoms with Gasteiger partial charge in [-0.15, -0.1) is 0 Å². The Balaban J connectivity index is 1.99. The first-order chi connectivity index (χ1) is 9.76. The Kier molecular flexibility index (Phi) is 5.68. The van der Waals surface area contributed by atoms with Crippen LogP contribution < -0.4 is 10.1 Å². The van der Waals surface area contributed by atoms with Gasteiger partial charge in [-0.1, -0.05) is 31.4 Å². The highest BCUT2D eigenvalue weighted by atomic mass is 16.5. The van der Waals surface area contributed by atoms with Crippen molar-refractivity contribution in [2.24, 2.45) is 5.92 Å². The number of benzene rings is 1. The molecule has 112 valence electrons. The van der Waals surface area contributed by atoms with E-state index in [9.17, 15) is 10.2 Å². The van der Waals surface area contributed by atoms with Gasteiger partial charge in [-0.05, 0) is 24.8 Å². The lowest BCUT2D eigenvalue weighted by Gasteiger charge is -2.25. The fraction of sp³-hybridized carbons (Fsp3) is 0.625. The number of nitrogens with one attached hydrogen (secondary N) is 1. The normalized spacial score (nSPS) is 23.3. The second-order valence-electron chi connectivity index (χ2n) is 5.54. The van der Waals surface area contributed by atoms with Crippen molar-refractivity contribution in [2.45, 2.75) is 44.7 Å². The summed E-state index contributed by atoms with van der Waals surface area (Å²) in [7, 11) is 1.55. The molecule has 1 fully saturated rings. The summed E-state index contributed by atoms with van der Waals surface area (Å²) in [5, 5.41) is 23.1. The van der Waals surface area contributed by atoms with Crippen LogP contribution in [-0.4, -0.2) is 30.0 Å². The van der Waals surface area contributed by atoms with Crippen molar-refractivity contribution in [3.8, 4) is 11.5 Å². The first-order valence-corrected chi connectivity index (χ1v) is 7.45. The Morgan fingerprint density at radius 2 is 2.05 bits per heavy atom. The largest absolute Gasteiger partial charge is 0.504 e. The molecule has 0 spiro atoms. The van der Waals surface area contributed by atoms with Crippen molar-refractivity contribution in [1.29, 1.82) is 0 Å². The highest BCUT2D eigenvalue weighted by molar-refractivity contribution is 5.45. The number of rotatable bonds is 5. The molecule has 3 N–H and O–H groups in total. The Bertz CT molecular complexity index is 422. The lowest BCUT2D eigenvalue weighted by atomic mass is 9.95. The van der Waals surface area contributed by atoms with Crippen LogP contribution in [0.25, 0.3) is 0 Å². The van der Waals surface area contributed by atoms with Crippen LogP contribution in [0.5, 0.6) is 11.5 Å². The summed E-state index contributed by atoms with van der Waals surface area (Å²) in [6.07, 6.45) is 5.83. The first-order valence-electron chi connectivity index (χ1n) is 7.45. The second-order valence-corrected chi connectivity index (χ2v) is 5.54. The number of hydrogen-bond acceptors (Lipinski definition) is 4. The average Bonchev–Trinajstić information content (AvgIpc) is 2.71. The number of aliphatic hydroxyl groups excluding tert-OH is 1. The number of aromatic hydroxyl groups is 1. The van der Waals surface area contributed by atoms with Crippen LogP contribution in [-0.2, 0) is 6.54 Å². The summed E-state index contributed by atoms with van der Waals surface area (Å²) in [6, 6.07) is 5.86. The van der Waals surface area contributed by atoms with Crippen molar-refractivity contribution in [1.82, 2.24) is 5.32 Å². The summed E-state index contributed by atoms with van der Waals surface area (Å²) in [5.74, 6) is 1.03. The molecule has 2 unspecified atom stereocenters. The van der Waals surface area contributed by atoms with Crippen molar-refractivity contribution in [2.75, 3.05) is 13.7 Å². The summed E-state index contributed by atoms with van der Waals surface area (Å²) >= 11 is 0. The molecule has 0 aromatic heterocycles. The molecule has 2 rings (SSSR count). The third-order valence-electron chi connectivity index (χ3n) is 4.25. The van der Waals surface area contributed by atoms with E-state index < -0.39 is 0 Å². The van der Waals surface area contributed by atoms with Gasteiger partial charge in [-0.2, -0.15) is 0 Å². The molecular weight excluding hydrogens is 254 g/mol. The number of phenols is 1. The van der Waals surface area contributed by atoms with Gasteiger partial charge >= 0.3 is 0 Å². The van der Waals surface area contributed by atoms with Gasteiger partial charge in [0.1, 0.15) is 0 Å². The summed E-state index contributed by atoms with van der Waals surface area (Å²) in [4.78, 5) is 0. The van der Waals surface area contributed by atoms with Gasteiger partial charge in [0, 0.05) is 24.8 Å². The van der Waals surface area contributed by atoms with Crippen LogP contribution in [0.1, 0.15) is 37.7 Å². The average molecular weight is 279 g/mol. The third kappa shape index (κ3) is 3.64. The van der Waals surface area contributed by atoms with E-state index in [4.69, 9.17) is 4.74 Å². The molecule has 0 aliphatic heterocycles. The van der Waals surface area contributed by atoms with Crippen molar-refractivity contribution >= 4 is 0 Å². The highest BCUT2D eigenvalue weighted by Gasteiger charge is 2.22. The first kappa shape index (κ1) is 15.1. The number of ether oxygens (including phenoxy) is 1. The lowest BCUT2D eigenvalue weighted by molar-refractivity contribution is 0.181. The number of hydrogen-bond donors (Lipinski definition) is 3. The Labute approximate surface area is 120 Å². The Hall–Kier alpha value is -1.26. The Morgan fingerprint density at radius 1 is 1.25 bits per heavy atom. The molecule has 1 aromatic rings. The van der Waals surface area contributed by atoms with Crippen molar-refractivity contribution in [3.05, 3.63) is 23.8 Å². The molecule has 0 bridgehead atoms. The molecule has 4 nitrogen and oxygen atoms in total. The van der Waals surface area contributed by atoms with E-state index in [1.54, 1.807) is 13.2 Å². The molecule has 4 heteroatoms. The van der Waals surface area contributed by atoms with Crippen molar-refractivity contribution in [3.63, 3.8) is 0 Å². The monoisotopic (exact) mass is 279 g/mol. The lowest BCUT2D eigenvalue weighted by Crippen LogP contribution is -2.36. The second kappa shape index (κ2) is 7.50. The minimum Gasteiger partial charge on any atom is -0.504 e. The SMILES string of the molecule is COc1cccc(CNC2CCCCCC2CO)c1O. The quantitative estimate of drug-likeness (QED) is 0.724. The van der Waals surface area contributed by atoms with E-state index in [1.807, 2.05) is 12.1 Å². The van der Waals surface area contributed by atoms with Gasteiger partial charge in [-0.3, -0.25) is 0 Å². The van der Waals surface area contributed by atoms with Crippen LogP contribution in [0, 0.1) is 5.92 Å². The molecule has 1 aromatic carbocycles. The standard InChI is InChI=1S/C16H25NO3/c1-20-15-9-5-7-12(16(15)19)10-17-14-8-4-2-3-6-13(14)11-18/h5,7,9,13-14,17-19H,2-4,6,8,10-11H2,1H3. The Morgan fingerprint density at radius 3 is 2.80 bits per heavy atom. The van der Waals surface area contributed by atoms with E-state index in [2.05, 4.69) is 5.32 Å². The van der Waals surface area contributed by atoms with E-state index in [0.29, 0.717) is 24.3 Å². The number of para-hydroxylation sites is 1. The zero-order chi connectivity index (χ0) is 14.4. The fourth-order valence-electron chi connectivity index (χ4n) is 2.99. The molecule has 2 atom stereocenters. The molecule has 0 heterocycles. The van der Waals surface area contributed by atoms with Gasteiger partial charge in [0.05, 0.1) is 7.11 Å². The maximum absolute atomic E-state index is 10.1. The number of aliphatic hydroxyl groups is 1. The maximum atomic E-state index is 10.1. The van der Waals surface area contributed by atoms with Crippen LogP contribution in [0.2, 0.25) is 0 Å². The molecule has 0 radical (unpaired) electrons. The minimum atomic E-state index is 0.205. The third-order valence-corrected chi connectivity index (χ3v) is 4.25. The molecule has 0 amide bonds. The summed E-state index contributed by atoms with van der Waals surface area (Å²) in [5.41, 5.74) is 0.838.